The maximum Gasteiger partial charge on any atom is 0.319 e. The summed E-state index contributed by atoms with van der Waals surface area (Å²) in [5.74, 6) is 0. The summed E-state index contributed by atoms with van der Waals surface area (Å²) in [4.78, 5) is 13.1. The van der Waals surface area contributed by atoms with Crippen molar-refractivity contribution in [3.63, 3.8) is 0 Å². The summed E-state index contributed by atoms with van der Waals surface area (Å²) >= 11 is 1.71. The fourth-order valence-electron chi connectivity index (χ4n) is 1.95. The highest BCUT2D eigenvalue weighted by Crippen LogP contribution is 2.15. The number of amides is 2. The van der Waals surface area contributed by atoms with Crippen molar-refractivity contribution >= 4 is 23.1 Å². The van der Waals surface area contributed by atoms with Crippen molar-refractivity contribution < 1.29 is 4.79 Å². The summed E-state index contributed by atoms with van der Waals surface area (Å²) in [5, 5.41) is 10.9. The van der Waals surface area contributed by atoms with Crippen molar-refractivity contribution in [3.05, 3.63) is 52.2 Å². The SMILES string of the molecule is CNC(C)c1ccc(NC(=O)NCCc2cccs2)cc1. The van der Waals surface area contributed by atoms with Crippen LogP contribution in [-0.2, 0) is 6.42 Å². The standard InChI is InChI=1S/C16H21N3OS/c1-12(17-2)13-5-7-14(8-6-13)19-16(20)18-10-9-15-4-3-11-21-15/h3-8,11-12,17H,9-10H2,1-2H3,(H2,18,19,20). The highest BCUT2D eigenvalue weighted by atomic mass is 32.1. The molecule has 1 aromatic heterocycles. The van der Waals surface area contributed by atoms with E-state index in [1.165, 1.54) is 10.4 Å². The van der Waals surface area contributed by atoms with Gasteiger partial charge in [-0.2, -0.15) is 0 Å². The van der Waals surface area contributed by atoms with Crippen molar-refractivity contribution in [2.75, 3.05) is 18.9 Å². The van der Waals surface area contributed by atoms with Crippen molar-refractivity contribution in [2.45, 2.75) is 19.4 Å². The normalized spacial score (nSPS) is 11.9. The van der Waals surface area contributed by atoms with Crippen molar-refractivity contribution in [1.29, 1.82) is 0 Å². The molecule has 2 amide bonds. The van der Waals surface area contributed by atoms with Gasteiger partial charge >= 0.3 is 6.03 Å². The van der Waals surface area contributed by atoms with E-state index >= 15 is 0 Å². The van der Waals surface area contributed by atoms with E-state index in [1.807, 2.05) is 42.8 Å². The zero-order chi connectivity index (χ0) is 15.1. The minimum atomic E-state index is -0.166. The number of benzene rings is 1. The number of thiophene rings is 1. The minimum Gasteiger partial charge on any atom is -0.338 e. The van der Waals surface area contributed by atoms with Gasteiger partial charge < -0.3 is 16.0 Å². The van der Waals surface area contributed by atoms with Gasteiger partial charge in [0.15, 0.2) is 0 Å². The molecule has 1 heterocycles. The Labute approximate surface area is 129 Å². The monoisotopic (exact) mass is 303 g/mol. The van der Waals surface area contributed by atoms with Crippen molar-refractivity contribution in [3.8, 4) is 0 Å². The van der Waals surface area contributed by atoms with Crippen molar-refractivity contribution in [1.82, 2.24) is 10.6 Å². The Morgan fingerprint density at radius 3 is 2.62 bits per heavy atom. The number of hydrogen-bond acceptors (Lipinski definition) is 3. The average Bonchev–Trinajstić information content (AvgIpc) is 3.00. The number of anilines is 1. The lowest BCUT2D eigenvalue weighted by molar-refractivity contribution is 0.252. The van der Waals surface area contributed by atoms with Gasteiger partial charge in [-0.25, -0.2) is 4.79 Å². The molecule has 2 aromatic rings. The Balaban J connectivity index is 1.77. The molecule has 0 fully saturated rings. The highest BCUT2D eigenvalue weighted by Gasteiger charge is 2.04. The van der Waals surface area contributed by atoms with Crippen LogP contribution in [0.1, 0.15) is 23.4 Å². The topological polar surface area (TPSA) is 53.2 Å². The average molecular weight is 303 g/mol. The van der Waals surface area contributed by atoms with Crippen LogP contribution in [0.15, 0.2) is 41.8 Å². The van der Waals surface area contributed by atoms with Gasteiger partial charge in [-0.05, 0) is 49.5 Å². The Bertz CT molecular complexity index is 551. The zero-order valence-electron chi connectivity index (χ0n) is 12.3. The molecule has 4 nitrogen and oxygen atoms in total. The minimum absolute atomic E-state index is 0.166. The molecule has 3 N–H and O–H groups in total. The third-order valence-corrected chi connectivity index (χ3v) is 4.27. The quantitative estimate of drug-likeness (QED) is 0.766. The van der Waals surface area contributed by atoms with Gasteiger partial charge in [-0.15, -0.1) is 11.3 Å². The van der Waals surface area contributed by atoms with Crippen LogP contribution >= 0.6 is 11.3 Å². The van der Waals surface area contributed by atoms with Gasteiger partial charge in [0.2, 0.25) is 0 Å². The fourth-order valence-corrected chi connectivity index (χ4v) is 2.66. The Morgan fingerprint density at radius 2 is 2.00 bits per heavy atom. The number of rotatable bonds is 6. The van der Waals surface area contributed by atoms with Crippen LogP contribution in [0.25, 0.3) is 0 Å². The molecule has 2 rings (SSSR count). The second kappa shape index (κ2) is 7.81. The largest absolute Gasteiger partial charge is 0.338 e. The Hall–Kier alpha value is -1.85. The Kier molecular flexibility index (Phi) is 5.78. The second-order valence-corrected chi connectivity index (χ2v) is 5.87. The zero-order valence-corrected chi connectivity index (χ0v) is 13.2. The summed E-state index contributed by atoms with van der Waals surface area (Å²) in [6.45, 7) is 2.74. The smallest absolute Gasteiger partial charge is 0.319 e. The van der Waals surface area contributed by atoms with Crippen LogP contribution in [0.5, 0.6) is 0 Å². The van der Waals surface area contributed by atoms with Crippen LogP contribution in [0.4, 0.5) is 10.5 Å². The molecule has 1 aromatic carbocycles. The van der Waals surface area contributed by atoms with Crippen molar-refractivity contribution in [2.24, 2.45) is 0 Å². The van der Waals surface area contributed by atoms with E-state index in [0.29, 0.717) is 12.6 Å². The predicted octanol–water partition coefficient (Wildman–Crippen LogP) is 3.39. The summed E-state index contributed by atoms with van der Waals surface area (Å²) < 4.78 is 0. The number of urea groups is 1. The lowest BCUT2D eigenvalue weighted by atomic mass is 10.1. The van der Waals surface area contributed by atoms with Gasteiger partial charge in [0, 0.05) is 23.2 Å². The molecule has 0 bridgehead atoms. The molecule has 21 heavy (non-hydrogen) atoms. The molecule has 0 spiro atoms. The molecule has 0 aliphatic heterocycles. The molecule has 5 heteroatoms. The van der Waals surface area contributed by atoms with E-state index in [1.54, 1.807) is 11.3 Å². The van der Waals surface area contributed by atoms with E-state index in [0.717, 1.165) is 12.1 Å². The lowest BCUT2D eigenvalue weighted by Crippen LogP contribution is -2.30. The summed E-state index contributed by atoms with van der Waals surface area (Å²) in [5.41, 5.74) is 2.00. The van der Waals surface area contributed by atoms with Gasteiger partial charge in [0.1, 0.15) is 0 Å². The third-order valence-electron chi connectivity index (χ3n) is 3.34. The maximum atomic E-state index is 11.8. The number of hydrogen-bond donors (Lipinski definition) is 3. The molecule has 1 unspecified atom stereocenters. The lowest BCUT2D eigenvalue weighted by Gasteiger charge is -2.12. The van der Waals surface area contributed by atoms with Gasteiger partial charge in [0.05, 0.1) is 0 Å². The summed E-state index contributed by atoms with van der Waals surface area (Å²) in [6.07, 6.45) is 0.865. The first-order chi connectivity index (χ1) is 10.2. The number of nitrogens with one attached hydrogen (secondary N) is 3. The van der Waals surface area contributed by atoms with Crippen LogP contribution in [0.3, 0.4) is 0 Å². The molecule has 0 saturated heterocycles. The molecule has 0 saturated carbocycles. The summed E-state index contributed by atoms with van der Waals surface area (Å²) in [6, 6.07) is 12.1. The first kappa shape index (κ1) is 15.5. The van der Waals surface area contributed by atoms with Gasteiger partial charge in [-0.1, -0.05) is 18.2 Å². The summed E-state index contributed by atoms with van der Waals surface area (Å²) in [7, 11) is 1.93. The van der Waals surface area contributed by atoms with Gasteiger partial charge in [-0.3, -0.25) is 0 Å². The Morgan fingerprint density at radius 1 is 1.24 bits per heavy atom. The molecule has 0 aliphatic carbocycles. The second-order valence-electron chi connectivity index (χ2n) is 4.84. The number of carbonyl (C=O) groups excluding carboxylic acids is 1. The first-order valence-electron chi connectivity index (χ1n) is 7.03. The van der Waals surface area contributed by atoms with E-state index in [4.69, 9.17) is 0 Å². The molecule has 0 aliphatic rings. The van der Waals surface area contributed by atoms with E-state index in [2.05, 4.69) is 28.9 Å². The molecule has 0 radical (unpaired) electrons. The number of carbonyl (C=O) groups is 1. The van der Waals surface area contributed by atoms with Crippen LogP contribution in [0, 0.1) is 0 Å². The highest BCUT2D eigenvalue weighted by molar-refractivity contribution is 7.09. The fraction of sp³-hybridized carbons (Fsp3) is 0.312. The molecular weight excluding hydrogens is 282 g/mol. The van der Waals surface area contributed by atoms with Gasteiger partial charge in [0.25, 0.3) is 0 Å². The van der Waals surface area contributed by atoms with Crippen LogP contribution in [-0.4, -0.2) is 19.6 Å². The van der Waals surface area contributed by atoms with Crippen LogP contribution in [0.2, 0.25) is 0 Å². The molecular formula is C16H21N3OS. The molecule has 112 valence electrons. The van der Waals surface area contributed by atoms with E-state index in [-0.39, 0.29) is 6.03 Å². The van der Waals surface area contributed by atoms with E-state index < -0.39 is 0 Å². The van der Waals surface area contributed by atoms with E-state index in [9.17, 15) is 4.79 Å². The molecule has 1 atom stereocenters. The first-order valence-corrected chi connectivity index (χ1v) is 7.91. The third kappa shape index (κ3) is 4.88. The maximum absolute atomic E-state index is 11.8. The van der Waals surface area contributed by atoms with Crippen LogP contribution < -0.4 is 16.0 Å². The predicted molar refractivity (Wildman–Crippen MR) is 89.0 cm³/mol.